The normalized spacial score (nSPS) is 12.3. The number of alkyl halides is 1. The summed E-state index contributed by atoms with van der Waals surface area (Å²) >= 11 is 3.41. The lowest BCUT2D eigenvalue weighted by Gasteiger charge is -2.18. The van der Waals surface area contributed by atoms with Crippen LogP contribution in [0.15, 0.2) is 30.3 Å². The first-order valence-corrected chi connectivity index (χ1v) is 6.49. The van der Waals surface area contributed by atoms with E-state index in [4.69, 9.17) is 0 Å². The van der Waals surface area contributed by atoms with Crippen LogP contribution in [-0.2, 0) is 5.41 Å². The minimum atomic E-state index is 0.248. The molecule has 1 aromatic carbocycles. The molecule has 0 aliphatic carbocycles. The molecule has 1 heteroatoms. The van der Waals surface area contributed by atoms with Gasteiger partial charge in [0.05, 0.1) is 0 Å². The Hall–Kier alpha value is -0.560. The number of hydrogen-bond acceptors (Lipinski definition) is 0. The van der Waals surface area contributed by atoms with Crippen LogP contribution in [-0.4, -0.2) is 5.33 Å². The molecule has 0 aliphatic rings. The van der Waals surface area contributed by atoms with Gasteiger partial charge in [-0.15, -0.1) is 0 Å². The zero-order valence-corrected chi connectivity index (χ0v) is 11.3. The molecular formula is C14H19Br. The van der Waals surface area contributed by atoms with Gasteiger partial charge in [-0.25, -0.2) is 0 Å². The van der Waals surface area contributed by atoms with E-state index in [1.165, 1.54) is 11.1 Å². The number of hydrogen-bond donors (Lipinski definition) is 0. The highest BCUT2D eigenvalue weighted by molar-refractivity contribution is 9.09. The maximum Gasteiger partial charge on any atom is 0.00660 e. The molecule has 0 nitrogen and oxygen atoms in total. The largest absolute Gasteiger partial charge is 0.0925 e. The second-order valence-electron chi connectivity index (χ2n) is 4.75. The maximum absolute atomic E-state index is 3.41. The molecular weight excluding hydrogens is 248 g/mol. The fraction of sp³-hybridized carbons (Fsp3) is 0.429. The van der Waals surface area contributed by atoms with E-state index in [2.05, 4.69) is 73.1 Å². The molecule has 0 aromatic heterocycles. The van der Waals surface area contributed by atoms with Crippen molar-refractivity contribution in [3.8, 4) is 0 Å². The maximum atomic E-state index is 3.41. The van der Waals surface area contributed by atoms with Crippen LogP contribution in [0.1, 0.15) is 38.3 Å². The monoisotopic (exact) mass is 266 g/mol. The van der Waals surface area contributed by atoms with Crippen LogP contribution in [0.4, 0.5) is 0 Å². The molecule has 0 heterocycles. The summed E-state index contributed by atoms with van der Waals surface area (Å²) in [5.41, 5.74) is 2.92. The summed E-state index contributed by atoms with van der Waals surface area (Å²) in [6, 6.07) is 8.80. The second kappa shape index (κ2) is 5.50. The zero-order valence-electron chi connectivity index (χ0n) is 9.76. The number of rotatable bonds is 3. The van der Waals surface area contributed by atoms with Crippen molar-refractivity contribution in [1.82, 2.24) is 0 Å². The van der Waals surface area contributed by atoms with E-state index in [1.807, 2.05) is 0 Å². The van der Waals surface area contributed by atoms with Crippen molar-refractivity contribution >= 4 is 22.0 Å². The summed E-state index contributed by atoms with van der Waals surface area (Å²) in [5.74, 6) is 0. The van der Waals surface area contributed by atoms with Crippen molar-refractivity contribution in [3.63, 3.8) is 0 Å². The predicted molar refractivity (Wildman–Crippen MR) is 72.6 cm³/mol. The highest BCUT2D eigenvalue weighted by Crippen LogP contribution is 2.22. The SMILES string of the molecule is CC(C)(C)c1ccc(/C=C/CCBr)cc1. The van der Waals surface area contributed by atoms with Gasteiger partial charge in [-0.1, -0.05) is 73.1 Å². The molecule has 0 spiro atoms. The number of benzene rings is 1. The van der Waals surface area contributed by atoms with Crippen molar-refractivity contribution in [1.29, 1.82) is 0 Å². The third kappa shape index (κ3) is 4.21. The molecule has 0 bridgehead atoms. The van der Waals surface area contributed by atoms with Crippen molar-refractivity contribution in [2.45, 2.75) is 32.6 Å². The summed E-state index contributed by atoms with van der Waals surface area (Å²) in [4.78, 5) is 0. The van der Waals surface area contributed by atoms with Gasteiger partial charge in [-0.05, 0) is 23.0 Å². The third-order valence-electron chi connectivity index (χ3n) is 2.36. The molecule has 0 saturated heterocycles. The van der Waals surface area contributed by atoms with Gasteiger partial charge in [0, 0.05) is 5.33 Å². The minimum Gasteiger partial charge on any atom is -0.0925 e. The Balaban J connectivity index is 2.73. The molecule has 0 N–H and O–H groups in total. The van der Waals surface area contributed by atoms with Crippen LogP contribution in [0.3, 0.4) is 0 Å². The molecule has 0 amide bonds. The van der Waals surface area contributed by atoms with Crippen LogP contribution >= 0.6 is 15.9 Å². The Bertz CT molecular complexity index is 314. The van der Waals surface area contributed by atoms with Gasteiger partial charge in [0.2, 0.25) is 0 Å². The van der Waals surface area contributed by atoms with Crippen LogP contribution in [0, 0.1) is 0 Å². The summed E-state index contributed by atoms with van der Waals surface area (Å²) in [6.45, 7) is 6.72. The fourth-order valence-electron chi connectivity index (χ4n) is 1.38. The summed E-state index contributed by atoms with van der Waals surface area (Å²) < 4.78 is 0. The van der Waals surface area contributed by atoms with Crippen molar-refractivity contribution in [2.75, 3.05) is 5.33 Å². The van der Waals surface area contributed by atoms with Crippen molar-refractivity contribution < 1.29 is 0 Å². The third-order valence-corrected chi connectivity index (χ3v) is 2.82. The Kier molecular flexibility index (Phi) is 4.59. The summed E-state index contributed by atoms with van der Waals surface area (Å²) in [7, 11) is 0. The molecule has 0 unspecified atom stereocenters. The molecule has 0 fully saturated rings. The van der Waals surface area contributed by atoms with Crippen LogP contribution < -0.4 is 0 Å². The average molecular weight is 267 g/mol. The molecule has 15 heavy (non-hydrogen) atoms. The molecule has 0 atom stereocenters. The molecule has 0 aliphatic heterocycles. The van der Waals surface area contributed by atoms with Gasteiger partial charge in [0.15, 0.2) is 0 Å². The molecule has 0 saturated carbocycles. The minimum absolute atomic E-state index is 0.248. The lowest BCUT2D eigenvalue weighted by molar-refractivity contribution is 0.590. The summed E-state index contributed by atoms with van der Waals surface area (Å²) in [6.07, 6.45) is 5.45. The molecule has 82 valence electrons. The Morgan fingerprint density at radius 2 is 1.73 bits per heavy atom. The molecule has 1 rings (SSSR count). The van der Waals surface area contributed by atoms with Gasteiger partial charge in [0.25, 0.3) is 0 Å². The van der Waals surface area contributed by atoms with Crippen molar-refractivity contribution in [2.24, 2.45) is 0 Å². The van der Waals surface area contributed by atoms with Gasteiger partial charge in [-0.3, -0.25) is 0 Å². The first kappa shape index (κ1) is 12.5. The fourth-order valence-corrected chi connectivity index (χ4v) is 1.64. The average Bonchev–Trinajstić information content (AvgIpc) is 2.18. The summed E-state index contributed by atoms with van der Waals surface area (Å²) in [5, 5.41) is 1.03. The number of halogens is 1. The first-order chi connectivity index (χ1) is 7.04. The van der Waals surface area contributed by atoms with Gasteiger partial charge < -0.3 is 0 Å². The number of allylic oxidation sites excluding steroid dienone is 1. The van der Waals surface area contributed by atoms with E-state index in [0.29, 0.717) is 0 Å². The van der Waals surface area contributed by atoms with E-state index in [1.54, 1.807) is 0 Å². The standard InChI is InChI=1S/C14H19Br/c1-14(2,3)13-9-7-12(8-10-13)6-4-5-11-15/h4,6-10H,5,11H2,1-3H3/b6-4+. The van der Waals surface area contributed by atoms with Crippen LogP contribution in [0.2, 0.25) is 0 Å². The van der Waals surface area contributed by atoms with E-state index < -0.39 is 0 Å². The smallest absolute Gasteiger partial charge is 0.00660 e. The van der Waals surface area contributed by atoms with Crippen LogP contribution in [0.25, 0.3) is 6.08 Å². The van der Waals surface area contributed by atoms with E-state index in [0.717, 1.165) is 11.8 Å². The van der Waals surface area contributed by atoms with E-state index >= 15 is 0 Å². The highest BCUT2D eigenvalue weighted by atomic mass is 79.9. The second-order valence-corrected chi connectivity index (χ2v) is 5.55. The Morgan fingerprint density at radius 3 is 2.20 bits per heavy atom. The van der Waals surface area contributed by atoms with E-state index in [-0.39, 0.29) is 5.41 Å². The lowest BCUT2D eigenvalue weighted by atomic mass is 9.87. The lowest BCUT2D eigenvalue weighted by Crippen LogP contribution is -2.10. The zero-order chi connectivity index (χ0) is 11.3. The molecule has 1 aromatic rings. The first-order valence-electron chi connectivity index (χ1n) is 5.37. The Morgan fingerprint density at radius 1 is 1.13 bits per heavy atom. The topological polar surface area (TPSA) is 0 Å². The van der Waals surface area contributed by atoms with Gasteiger partial charge in [-0.2, -0.15) is 0 Å². The highest BCUT2D eigenvalue weighted by Gasteiger charge is 2.12. The van der Waals surface area contributed by atoms with Crippen LogP contribution in [0.5, 0.6) is 0 Å². The Labute approximate surface area is 102 Å². The van der Waals surface area contributed by atoms with Gasteiger partial charge >= 0.3 is 0 Å². The van der Waals surface area contributed by atoms with E-state index in [9.17, 15) is 0 Å². The van der Waals surface area contributed by atoms with Crippen molar-refractivity contribution in [3.05, 3.63) is 41.5 Å². The van der Waals surface area contributed by atoms with Gasteiger partial charge in [0.1, 0.15) is 0 Å². The molecule has 0 radical (unpaired) electrons. The predicted octanol–water partition coefficient (Wildman–Crippen LogP) is 4.78. The quantitative estimate of drug-likeness (QED) is 0.691.